The predicted octanol–water partition coefficient (Wildman–Crippen LogP) is 2.23. The quantitative estimate of drug-likeness (QED) is 0.876. The van der Waals surface area contributed by atoms with Crippen LogP contribution in [-0.4, -0.2) is 25.8 Å². The highest BCUT2D eigenvalue weighted by Gasteiger charge is 2.53. The van der Waals surface area contributed by atoms with Gasteiger partial charge in [-0.1, -0.05) is 0 Å². The molecule has 4 heteroatoms. The summed E-state index contributed by atoms with van der Waals surface area (Å²) < 4.78 is 32.5. The Morgan fingerprint density at radius 3 is 2.41 bits per heavy atom. The number of halogens is 2. The van der Waals surface area contributed by atoms with Gasteiger partial charge in [0.05, 0.1) is 18.6 Å². The van der Waals surface area contributed by atoms with Gasteiger partial charge in [0, 0.05) is 11.1 Å². The standard InChI is InChI=1S/C13H17F2NO/c1-12(2,16-3)13(7-17-8-13)10-6-9(14)4-5-11(10)15/h4-6,16H,7-8H2,1-3H3. The fraction of sp³-hybridized carbons (Fsp3) is 0.538. The van der Waals surface area contributed by atoms with E-state index in [1.54, 1.807) is 0 Å². The molecule has 1 aromatic rings. The third-order valence-electron chi connectivity index (χ3n) is 3.96. The maximum Gasteiger partial charge on any atom is 0.127 e. The molecule has 1 aliphatic rings. The first kappa shape index (κ1) is 12.5. The third kappa shape index (κ3) is 1.76. The van der Waals surface area contributed by atoms with Crippen LogP contribution in [0.5, 0.6) is 0 Å². The Morgan fingerprint density at radius 2 is 1.94 bits per heavy atom. The minimum absolute atomic E-state index is 0.361. The summed E-state index contributed by atoms with van der Waals surface area (Å²) in [6.07, 6.45) is 0. The number of hydrogen-bond donors (Lipinski definition) is 1. The van der Waals surface area contributed by atoms with Gasteiger partial charge in [0.1, 0.15) is 11.6 Å². The average molecular weight is 241 g/mol. The highest BCUT2D eigenvalue weighted by atomic mass is 19.1. The van der Waals surface area contributed by atoms with E-state index in [0.717, 1.165) is 6.07 Å². The molecule has 2 rings (SSSR count). The van der Waals surface area contributed by atoms with Crippen molar-refractivity contribution in [2.24, 2.45) is 0 Å². The lowest BCUT2D eigenvalue weighted by atomic mass is 9.65. The van der Waals surface area contributed by atoms with Gasteiger partial charge in [-0.05, 0) is 39.1 Å². The number of benzene rings is 1. The summed E-state index contributed by atoms with van der Waals surface area (Å²) in [7, 11) is 1.82. The van der Waals surface area contributed by atoms with E-state index in [-0.39, 0.29) is 11.4 Å². The number of nitrogens with one attached hydrogen (secondary N) is 1. The monoisotopic (exact) mass is 241 g/mol. The van der Waals surface area contributed by atoms with Crippen LogP contribution in [0, 0.1) is 11.6 Å². The Kier molecular flexibility index (Phi) is 2.96. The van der Waals surface area contributed by atoms with E-state index in [1.807, 2.05) is 20.9 Å². The maximum atomic E-state index is 13.9. The van der Waals surface area contributed by atoms with Crippen molar-refractivity contribution < 1.29 is 13.5 Å². The fourth-order valence-corrected chi connectivity index (χ4v) is 2.26. The zero-order valence-electron chi connectivity index (χ0n) is 10.3. The van der Waals surface area contributed by atoms with Crippen molar-refractivity contribution in [3.63, 3.8) is 0 Å². The van der Waals surface area contributed by atoms with Crippen molar-refractivity contribution in [3.05, 3.63) is 35.4 Å². The summed E-state index contributed by atoms with van der Waals surface area (Å²) in [6.45, 7) is 4.75. The van der Waals surface area contributed by atoms with Crippen LogP contribution >= 0.6 is 0 Å². The van der Waals surface area contributed by atoms with E-state index in [0.29, 0.717) is 18.8 Å². The summed E-state index contributed by atoms with van der Waals surface area (Å²) in [5, 5.41) is 3.16. The minimum atomic E-state index is -0.506. The zero-order valence-corrected chi connectivity index (χ0v) is 10.3. The molecule has 1 heterocycles. The summed E-state index contributed by atoms with van der Waals surface area (Å²) in [6, 6.07) is 3.59. The number of ether oxygens (including phenoxy) is 1. The van der Waals surface area contributed by atoms with Crippen molar-refractivity contribution in [3.8, 4) is 0 Å². The van der Waals surface area contributed by atoms with E-state index < -0.39 is 11.2 Å². The van der Waals surface area contributed by atoms with Gasteiger partial charge >= 0.3 is 0 Å². The van der Waals surface area contributed by atoms with Crippen molar-refractivity contribution in [2.45, 2.75) is 24.8 Å². The molecule has 0 radical (unpaired) electrons. The molecule has 0 aliphatic carbocycles. The summed E-state index contributed by atoms with van der Waals surface area (Å²) in [4.78, 5) is 0. The van der Waals surface area contributed by atoms with Crippen molar-refractivity contribution in [1.29, 1.82) is 0 Å². The van der Waals surface area contributed by atoms with E-state index in [4.69, 9.17) is 4.74 Å². The SMILES string of the molecule is CNC(C)(C)C1(c2cc(F)ccc2F)COC1. The minimum Gasteiger partial charge on any atom is -0.379 e. The van der Waals surface area contributed by atoms with Crippen LogP contribution in [0.1, 0.15) is 19.4 Å². The smallest absolute Gasteiger partial charge is 0.127 e. The van der Waals surface area contributed by atoms with Crippen LogP contribution in [-0.2, 0) is 10.2 Å². The van der Waals surface area contributed by atoms with Gasteiger partial charge in [-0.2, -0.15) is 0 Å². The first-order valence-electron chi connectivity index (χ1n) is 5.65. The molecule has 1 fully saturated rings. The van der Waals surface area contributed by atoms with Gasteiger partial charge in [0.25, 0.3) is 0 Å². The Labute approximate surface area is 100.0 Å². The molecule has 1 aromatic carbocycles. The summed E-state index contributed by atoms with van der Waals surface area (Å²) in [5.74, 6) is -0.794. The number of likely N-dealkylation sites (N-methyl/N-ethyl adjacent to an activating group) is 1. The van der Waals surface area contributed by atoms with Crippen LogP contribution < -0.4 is 5.32 Å². The molecule has 0 unspecified atom stereocenters. The Balaban J connectivity index is 2.52. The lowest BCUT2D eigenvalue weighted by Gasteiger charge is -2.52. The van der Waals surface area contributed by atoms with E-state index in [9.17, 15) is 8.78 Å². The Morgan fingerprint density at radius 1 is 1.29 bits per heavy atom. The van der Waals surface area contributed by atoms with Gasteiger partial charge in [0.2, 0.25) is 0 Å². The summed E-state index contributed by atoms with van der Waals surface area (Å²) >= 11 is 0. The second-order valence-electron chi connectivity index (χ2n) is 5.07. The van der Waals surface area contributed by atoms with Gasteiger partial charge in [0.15, 0.2) is 0 Å². The first-order chi connectivity index (χ1) is 7.93. The molecular weight excluding hydrogens is 224 g/mol. The zero-order chi connectivity index (χ0) is 12.7. The van der Waals surface area contributed by atoms with Crippen LogP contribution in [0.15, 0.2) is 18.2 Å². The van der Waals surface area contributed by atoms with Gasteiger partial charge in [-0.3, -0.25) is 0 Å². The van der Waals surface area contributed by atoms with Crippen molar-refractivity contribution in [1.82, 2.24) is 5.32 Å². The third-order valence-corrected chi connectivity index (χ3v) is 3.96. The topological polar surface area (TPSA) is 21.3 Å². The molecule has 2 nitrogen and oxygen atoms in total. The molecule has 17 heavy (non-hydrogen) atoms. The largest absolute Gasteiger partial charge is 0.379 e. The first-order valence-corrected chi connectivity index (χ1v) is 5.65. The summed E-state index contributed by atoms with van der Waals surface area (Å²) in [5.41, 5.74) is -0.475. The molecule has 94 valence electrons. The van der Waals surface area contributed by atoms with Gasteiger partial charge in [-0.25, -0.2) is 8.78 Å². The highest BCUT2D eigenvalue weighted by molar-refractivity contribution is 5.35. The van der Waals surface area contributed by atoms with Crippen LogP contribution in [0.2, 0.25) is 0 Å². The normalized spacial score (nSPS) is 18.9. The number of hydrogen-bond acceptors (Lipinski definition) is 2. The molecule has 0 atom stereocenters. The van der Waals surface area contributed by atoms with Crippen LogP contribution in [0.4, 0.5) is 8.78 Å². The highest BCUT2D eigenvalue weighted by Crippen LogP contribution is 2.42. The Hall–Kier alpha value is -1.00. The van der Waals surface area contributed by atoms with Crippen LogP contribution in [0.25, 0.3) is 0 Å². The molecule has 1 saturated heterocycles. The Bertz CT molecular complexity index is 427. The van der Waals surface area contributed by atoms with Crippen LogP contribution in [0.3, 0.4) is 0 Å². The molecule has 0 spiro atoms. The van der Waals surface area contributed by atoms with Gasteiger partial charge in [-0.15, -0.1) is 0 Å². The average Bonchev–Trinajstić information content (AvgIpc) is 2.21. The maximum absolute atomic E-state index is 13.9. The van der Waals surface area contributed by atoms with Crippen molar-refractivity contribution >= 4 is 0 Å². The molecule has 0 bridgehead atoms. The number of rotatable bonds is 3. The second kappa shape index (κ2) is 4.03. The molecule has 1 aliphatic heterocycles. The molecule has 0 aromatic heterocycles. The van der Waals surface area contributed by atoms with E-state index in [2.05, 4.69) is 5.32 Å². The van der Waals surface area contributed by atoms with E-state index >= 15 is 0 Å². The lowest BCUT2D eigenvalue weighted by molar-refractivity contribution is -0.101. The molecule has 0 amide bonds. The molecule has 0 saturated carbocycles. The fourth-order valence-electron chi connectivity index (χ4n) is 2.26. The molecule has 1 N–H and O–H groups in total. The lowest BCUT2D eigenvalue weighted by Crippen LogP contribution is -2.66. The van der Waals surface area contributed by atoms with Gasteiger partial charge < -0.3 is 10.1 Å². The van der Waals surface area contributed by atoms with E-state index in [1.165, 1.54) is 12.1 Å². The second-order valence-corrected chi connectivity index (χ2v) is 5.07. The van der Waals surface area contributed by atoms with Crippen molar-refractivity contribution in [2.75, 3.05) is 20.3 Å². The predicted molar refractivity (Wildman–Crippen MR) is 62.0 cm³/mol. The molecular formula is C13H17F2NO.